The summed E-state index contributed by atoms with van der Waals surface area (Å²) >= 11 is 0. The number of halogens is 2. The van der Waals surface area contributed by atoms with Gasteiger partial charge in [0.05, 0.1) is 5.69 Å². The number of benzene rings is 2. The molecule has 5 rings (SSSR count). The molecular weight excluding hydrogens is 350 g/mol. The smallest absolute Gasteiger partial charge is 0.330 e. The molecule has 0 aliphatic carbocycles. The fourth-order valence-electron chi connectivity index (χ4n) is 3.54. The van der Waals surface area contributed by atoms with E-state index in [1.54, 1.807) is 6.07 Å². The lowest BCUT2D eigenvalue weighted by Crippen LogP contribution is -2.41. The third-order valence-electron chi connectivity index (χ3n) is 5.18. The molecule has 2 aromatic rings. The highest BCUT2D eigenvalue weighted by Gasteiger charge is 2.24. The van der Waals surface area contributed by atoms with Crippen molar-refractivity contribution in [2.75, 3.05) is 25.0 Å². The highest BCUT2D eigenvalue weighted by atomic mass is 19.1. The number of nitrogens with one attached hydrogen (secondary N) is 1. The third-order valence-corrected chi connectivity index (χ3v) is 5.18. The molecule has 144 valence electrons. The highest BCUT2D eigenvalue weighted by Crippen LogP contribution is 2.26. The summed E-state index contributed by atoms with van der Waals surface area (Å²) in [6, 6.07) is 9.65. The minimum Gasteiger partial charge on any atom is -0.479 e. The van der Waals surface area contributed by atoms with Crippen molar-refractivity contribution in [3.8, 4) is 0 Å². The predicted octanol–water partition coefficient (Wildman–Crippen LogP) is 4.30. The number of aliphatic carboxylic acids is 1. The summed E-state index contributed by atoms with van der Waals surface area (Å²) in [6.07, 6.45) is 4.46. The van der Waals surface area contributed by atoms with E-state index in [1.807, 2.05) is 0 Å². The van der Waals surface area contributed by atoms with Crippen molar-refractivity contribution >= 4 is 11.7 Å². The van der Waals surface area contributed by atoms with Crippen molar-refractivity contribution in [1.82, 2.24) is 4.90 Å². The van der Waals surface area contributed by atoms with Gasteiger partial charge >= 0.3 is 5.97 Å². The maximum atomic E-state index is 13.5. The number of fused-ring (bicyclic) bond motifs is 3. The van der Waals surface area contributed by atoms with Crippen LogP contribution in [0.2, 0.25) is 0 Å². The van der Waals surface area contributed by atoms with Gasteiger partial charge in [0.25, 0.3) is 0 Å². The van der Waals surface area contributed by atoms with Crippen LogP contribution in [0.1, 0.15) is 30.9 Å². The molecule has 3 aliphatic rings. The summed E-state index contributed by atoms with van der Waals surface area (Å²) in [7, 11) is 0. The quantitative estimate of drug-likeness (QED) is 0.838. The van der Waals surface area contributed by atoms with Crippen LogP contribution in [0.3, 0.4) is 0 Å². The molecule has 0 saturated carbocycles. The maximum Gasteiger partial charge on any atom is 0.330 e. The number of anilines is 1. The standard InChI is InChI=1S/C14H11F2NO2.C7H13N/c15-10-7-5-9(6-8-10)13(14(18)19)17-12-4-2-1-3-11(12)16;1-4-8-5-2-7(1)3-6-8/h1-8,13,17H,(H,18,19);7H,1-6H2. The highest BCUT2D eigenvalue weighted by molar-refractivity contribution is 5.79. The van der Waals surface area contributed by atoms with Crippen LogP contribution in [-0.4, -0.2) is 35.6 Å². The van der Waals surface area contributed by atoms with Crippen molar-refractivity contribution in [2.24, 2.45) is 5.92 Å². The topological polar surface area (TPSA) is 52.6 Å². The molecule has 6 heteroatoms. The van der Waals surface area contributed by atoms with Gasteiger partial charge in [-0.25, -0.2) is 13.6 Å². The van der Waals surface area contributed by atoms with E-state index in [0.29, 0.717) is 5.56 Å². The summed E-state index contributed by atoms with van der Waals surface area (Å²) < 4.78 is 26.3. The van der Waals surface area contributed by atoms with Crippen LogP contribution in [-0.2, 0) is 4.79 Å². The average molecular weight is 374 g/mol. The number of carboxylic acid groups (broad SMARTS) is 1. The Labute approximate surface area is 157 Å². The first-order chi connectivity index (χ1) is 13.0. The van der Waals surface area contributed by atoms with Crippen molar-refractivity contribution in [2.45, 2.75) is 25.3 Å². The molecule has 1 atom stereocenters. The molecule has 2 bridgehead atoms. The number of hydrogen-bond donors (Lipinski definition) is 2. The average Bonchev–Trinajstić information content (AvgIpc) is 2.70. The molecule has 3 fully saturated rings. The van der Waals surface area contributed by atoms with Crippen LogP contribution in [0.5, 0.6) is 0 Å². The van der Waals surface area contributed by atoms with Gasteiger partial charge in [-0.2, -0.15) is 0 Å². The minimum atomic E-state index is -1.17. The van der Waals surface area contributed by atoms with Crippen LogP contribution in [0.4, 0.5) is 14.5 Å². The predicted molar refractivity (Wildman–Crippen MR) is 101 cm³/mol. The molecule has 0 radical (unpaired) electrons. The number of nitrogens with zero attached hydrogens (tertiary/aromatic N) is 1. The first-order valence-electron chi connectivity index (χ1n) is 9.24. The van der Waals surface area contributed by atoms with Crippen molar-refractivity contribution < 1.29 is 18.7 Å². The van der Waals surface area contributed by atoms with Crippen LogP contribution in [0.25, 0.3) is 0 Å². The monoisotopic (exact) mass is 374 g/mol. The van der Waals surface area contributed by atoms with Gasteiger partial charge < -0.3 is 15.3 Å². The number of carboxylic acids is 1. The van der Waals surface area contributed by atoms with Gasteiger partial charge in [0.1, 0.15) is 11.6 Å². The molecule has 3 saturated heterocycles. The molecule has 3 heterocycles. The summed E-state index contributed by atoms with van der Waals surface area (Å²) in [5.41, 5.74) is 0.427. The molecule has 27 heavy (non-hydrogen) atoms. The third kappa shape index (κ3) is 5.26. The SMILES string of the molecule is C1CN2CCC1CC2.O=C(O)C(Nc1ccccc1F)c1ccc(F)cc1. The Morgan fingerprint density at radius 3 is 2.04 bits per heavy atom. The number of hydrogen-bond acceptors (Lipinski definition) is 3. The summed E-state index contributed by atoms with van der Waals surface area (Å²) in [4.78, 5) is 13.8. The van der Waals surface area contributed by atoms with Crippen LogP contribution < -0.4 is 5.32 Å². The lowest BCUT2D eigenvalue weighted by molar-refractivity contribution is -0.138. The number of rotatable bonds is 4. The van der Waals surface area contributed by atoms with E-state index < -0.39 is 23.6 Å². The van der Waals surface area contributed by atoms with E-state index in [9.17, 15) is 13.6 Å². The van der Waals surface area contributed by atoms with Crippen molar-refractivity contribution in [1.29, 1.82) is 0 Å². The van der Waals surface area contributed by atoms with Gasteiger partial charge in [0, 0.05) is 0 Å². The van der Waals surface area contributed by atoms with E-state index in [0.717, 1.165) is 18.1 Å². The zero-order valence-electron chi connectivity index (χ0n) is 15.1. The van der Waals surface area contributed by atoms with Gasteiger partial charge in [-0.3, -0.25) is 0 Å². The van der Waals surface area contributed by atoms with Gasteiger partial charge in [0.2, 0.25) is 0 Å². The van der Waals surface area contributed by atoms with E-state index in [4.69, 9.17) is 5.11 Å². The first-order valence-corrected chi connectivity index (χ1v) is 9.24. The molecular formula is C21H24F2N2O2. The fraction of sp³-hybridized carbons (Fsp3) is 0.381. The summed E-state index contributed by atoms with van der Waals surface area (Å²) in [6.45, 7) is 4.18. The minimum absolute atomic E-state index is 0.0826. The lowest BCUT2D eigenvalue weighted by Gasteiger charge is -2.38. The van der Waals surface area contributed by atoms with Gasteiger partial charge in [-0.05, 0) is 74.6 Å². The Bertz CT molecular complexity index is 736. The van der Waals surface area contributed by atoms with Gasteiger partial charge in [-0.1, -0.05) is 24.3 Å². The molecule has 2 N–H and O–H groups in total. The van der Waals surface area contributed by atoms with Crippen LogP contribution in [0, 0.1) is 17.6 Å². The number of carbonyl (C=O) groups is 1. The zero-order valence-corrected chi connectivity index (χ0v) is 15.1. The zero-order chi connectivity index (χ0) is 19.2. The summed E-state index contributed by atoms with van der Waals surface area (Å²) in [5, 5.41) is 11.8. The Hall–Kier alpha value is -2.47. The second-order valence-electron chi connectivity index (χ2n) is 7.02. The molecule has 4 nitrogen and oxygen atoms in total. The Balaban J connectivity index is 0.000000216. The maximum absolute atomic E-state index is 13.5. The fourth-order valence-corrected chi connectivity index (χ4v) is 3.54. The summed E-state index contributed by atoms with van der Waals surface area (Å²) in [5.74, 6) is -1.07. The van der Waals surface area contributed by atoms with Crippen LogP contribution >= 0.6 is 0 Å². The van der Waals surface area contributed by atoms with E-state index in [1.165, 1.54) is 69.2 Å². The van der Waals surface area contributed by atoms with E-state index in [2.05, 4.69) is 10.2 Å². The van der Waals surface area contributed by atoms with Crippen molar-refractivity contribution in [3.05, 3.63) is 65.7 Å². The molecule has 0 amide bonds. The molecule has 1 unspecified atom stereocenters. The van der Waals surface area contributed by atoms with Gasteiger partial charge in [0.15, 0.2) is 6.04 Å². The normalized spacial score (nSPS) is 21.7. The molecule has 3 aliphatic heterocycles. The molecule has 2 aromatic carbocycles. The Kier molecular flexibility index (Phi) is 6.40. The molecule has 0 spiro atoms. The Morgan fingerprint density at radius 1 is 1.00 bits per heavy atom. The Morgan fingerprint density at radius 2 is 1.59 bits per heavy atom. The second kappa shape index (κ2) is 8.95. The number of piperidine rings is 3. The second-order valence-corrected chi connectivity index (χ2v) is 7.02. The largest absolute Gasteiger partial charge is 0.479 e. The molecule has 0 aromatic heterocycles. The van der Waals surface area contributed by atoms with Crippen LogP contribution in [0.15, 0.2) is 48.5 Å². The van der Waals surface area contributed by atoms with E-state index >= 15 is 0 Å². The van der Waals surface area contributed by atoms with Gasteiger partial charge in [-0.15, -0.1) is 0 Å². The lowest BCUT2D eigenvalue weighted by atomic mass is 9.89. The van der Waals surface area contributed by atoms with E-state index in [-0.39, 0.29) is 5.69 Å². The first kappa shape index (κ1) is 19.3. The van der Waals surface area contributed by atoms with Crippen molar-refractivity contribution in [3.63, 3.8) is 0 Å². The number of para-hydroxylation sites is 1.